The second-order valence-electron chi connectivity index (χ2n) is 7.95. The molecule has 31 heavy (non-hydrogen) atoms. The average Bonchev–Trinajstić information content (AvgIpc) is 2.81. The summed E-state index contributed by atoms with van der Waals surface area (Å²) in [7, 11) is 0. The van der Waals surface area contributed by atoms with Crippen molar-refractivity contribution in [2.45, 2.75) is 25.3 Å². The van der Waals surface area contributed by atoms with Gasteiger partial charge in [0.1, 0.15) is 22.9 Å². The summed E-state index contributed by atoms with van der Waals surface area (Å²) in [6, 6.07) is 17.1. The monoisotopic (exact) mass is 419 g/mol. The fraction of sp³-hybridized carbons (Fsp3) is 0.333. The van der Waals surface area contributed by atoms with Gasteiger partial charge in [0, 0.05) is 12.6 Å². The molecule has 2 aliphatic heterocycles. The molecule has 0 radical (unpaired) electrons. The van der Waals surface area contributed by atoms with Gasteiger partial charge < -0.3 is 26.8 Å². The van der Waals surface area contributed by atoms with Crippen LogP contribution in [0.1, 0.15) is 24.8 Å². The molecule has 1 atom stereocenters. The van der Waals surface area contributed by atoms with Crippen LogP contribution in [0.3, 0.4) is 0 Å². The fourth-order valence-corrected chi connectivity index (χ4v) is 4.21. The average molecular weight is 420 g/mol. The molecule has 2 aliphatic rings. The molecular weight excluding hydrogens is 390 g/mol. The maximum Gasteiger partial charge on any atom is 0.254 e. The first-order chi connectivity index (χ1) is 15.1. The standard InChI is InChI=1S/C24H29N5O2/c25-22(17-6-8-19(9-7-17)31-18-4-2-1-3-5-18)21(23(26)30)24-28-15-12-20(29-24)16-10-13-27-14-11-16/h1-9,16,20,27H,10-15,25H2,(H2,26,30)(H,28,29)/t20-/m0/s1. The number of hydrogen-bond donors (Lipinski definition) is 4. The molecule has 7 nitrogen and oxygen atoms in total. The van der Waals surface area contributed by atoms with Gasteiger partial charge in [-0.25, -0.2) is 0 Å². The molecule has 162 valence electrons. The van der Waals surface area contributed by atoms with Crippen LogP contribution in [0, 0.1) is 5.92 Å². The first kappa shape index (κ1) is 20.9. The van der Waals surface area contributed by atoms with Crippen LogP contribution in [0.2, 0.25) is 0 Å². The minimum atomic E-state index is -0.584. The van der Waals surface area contributed by atoms with Crippen LogP contribution in [-0.2, 0) is 4.79 Å². The Labute approximate surface area is 182 Å². The van der Waals surface area contributed by atoms with Crippen LogP contribution in [0.25, 0.3) is 5.70 Å². The lowest BCUT2D eigenvalue weighted by Crippen LogP contribution is -2.49. The fourth-order valence-electron chi connectivity index (χ4n) is 4.21. The van der Waals surface area contributed by atoms with Crippen molar-refractivity contribution in [3.05, 3.63) is 65.7 Å². The second-order valence-corrected chi connectivity index (χ2v) is 7.95. The van der Waals surface area contributed by atoms with Crippen molar-refractivity contribution in [2.24, 2.45) is 22.4 Å². The van der Waals surface area contributed by atoms with Crippen molar-refractivity contribution in [3.8, 4) is 11.5 Å². The molecule has 1 amide bonds. The highest BCUT2D eigenvalue weighted by Gasteiger charge is 2.29. The quantitative estimate of drug-likeness (QED) is 0.537. The van der Waals surface area contributed by atoms with Crippen molar-refractivity contribution < 1.29 is 9.53 Å². The van der Waals surface area contributed by atoms with E-state index in [9.17, 15) is 4.79 Å². The van der Waals surface area contributed by atoms with E-state index in [1.807, 2.05) is 54.6 Å². The predicted octanol–water partition coefficient (Wildman–Crippen LogP) is 2.39. The number of piperidine rings is 1. The summed E-state index contributed by atoms with van der Waals surface area (Å²) in [5.41, 5.74) is 13.4. The highest BCUT2D eigenvalue weighted by atomic mass is 16.5. The Kier molecular flexibility index (Phi) is 6.52. The first-order valence-electron chi connectivity index (χ1n) is 10.8. The minimum absolute atomic E-state index is 0.246. The van der Waals surface area contributed by atoms with E-state index in [0.29, 0.717) is 35.3 Å². The van der Waals surface area contributed by atoms with E-state index in [1.165, 1.54) is 0 Å². The third-order valence-electron chi connectivity index (χ3n) is 5.88. The number of amidine groups is 1. The number of ether oxygens (including phenoxy) is 1. The molecule has 2 aromatic carbocycles. The van der Waals surface area contributed by atoms with Gasteiger partial charge in [-0.15, -0.1) is 0 Å². The Morgan fingerprint density at radius 2 is 1.61 bits per heavy atom. The van der Waals surface area contributed by atoms with Crippen LogP contribution < -0.4 is 26.8 Å². The Morgan fingerprint density at radius 1 is 0.935 bits per heavy atom. The smallest absolute Gasteiger partial charge is 0.254 e. The summed E-state index contributed by atoms with van der Waals surface area (Å²) >= 11 is 0. The van der Waals surface area contributed by atoms with Crippen LogP contribution in [0.4, 0.5) is 0 Å². The predicted molar refractivity (Wildman–Crippen MR) is 123 cm³/mol. The van der Waals surface area contributed by atoms with E-state index in [-0.39, 0.29) is 11.6 Å². The summed E-state index contributed by atoms with van der Waals surface area (Å²) in [4.78, 5) is 16.9. The van der Waals surface area contributed by atoms with E-state index < -0.39 is 5.91 Å². The first-order valence-corrected chi connectivity index (χ1v) is 10.8. The maximum atomic E-state index is 12.3. The molecule has 1 fully saturated rings. The number of aliphatic imine (C=N–C) groups is 1. The molecule has 4 rings (SSSR count). The second kappa shape index (κ2) is 9.66. The summed E-state index contributed by atoms with van der Waals surface area (Å²) in [6.07, 6.45) is 3.17. The number of benzene rings is 2. The van der Waals surface area contributed by atoms with E-state index >= 15 is 0 Å². The molecule has 2 heterocycles. The lowest BCUT2D eigenvalue weighted by Gasteiger charge is -2.34. The molecule has 0 spiro atoms. The summed E-state index contributed by atoms with van der Waals surface area (Å²) in [5.74, 6) is 1.91. The number of nitrogens with one attached hydrogen (secondary N) is 2. The normalized spacial score (nSPS) is 20.3. The third-order valence-corrected chi connectivity index (χ3v) is 5.88. The molecule has 0 aliphatic carbocycles. The van der Waals surface area contributed by atoms with Crippen molar-refractivity contribution in [2.75, 3.05) is 19.6 Å². The number of para-hydroxylation sites is 1. The van der Waals surface area contributed by atoms with Gasteiger partial charge in [0.05, 0.1) is 5.70 Å². The highest BCUT2D eigenvalue weighted by Crippen LogP contribution is 2.25. The zero-order chi connectivity index (χ0) is 21.6. The lowest BCUT2D eigenvalue weighted by molar-refractivity contribution is -0.114. The van der Waals surface area contributed by atoms with Crippen molar-refractivity contribution in [3.63, 3.8) is 0 Å². The Hall–Kier alpha value is -3.32. The molecule has 0 unspecified atom stereocenters. The highest BCUT2D eigenvalue weighted by molar-refractivity contribution is 6.25. The number of hydrogen-bond acceptors (Lipinski definition) is 6. The van der Waals surface area contributed by atoms with Gasteiger partial charge in [0.15, 0.2) is 0 Å². The van der Waals surface area contributed by atoms with Gasteiger partial charge in [0.2, 0.25) is 0 Å². The zero-order valence-corrected chi connectivity index (χ0v) is 17.5. The molecule has 7 heteroatoms. The molecule has 0 bridgehead atoms. The molecule has 0 aromatic heterocycles. The van der Waals surface area contributed by atoms with Gasteiger partial charge in [-0.05, 0) is 80.2 Å². The zero-order valence-electron chi connectivity index (χ0n) is 17.5. The van der Waals surface area contributed by atoms with Crippen LogP contribution in [-0.4, -0.2) is 37.4 Å². The Bertz CT molecular complexity index is 963. The lowest BCUT2D eigenvalue weighted by atomic mass is 9.87. The molecule has 0 saturated carbocycles. The number of primary amides is 1. The molecular formula is C24H29N5O2. The van der Waals surface area contributed by atoms with Crippen molar-refractivity contribution >= 4 is 17.4 Å². The number of carbonyl (C=O) groups is 1. The third kappa shape index (κ3) is 5.06. The van der Waals surface area contributed by atoms with E-state index in [0.717, 1.165) is 38.1 Å². The van der Waals surface area contributed by atoms with Crippen LogP contribution >= 0.6 is 0 Å². The van der Waals surface area contributed by atoms with Gasteiger partial charge in [-0.2, -0.15) is 0 Å². The summed E-state index contributed by atoms with van der Waals surface area (Å²) in [5, 5.41) is 6.85. The van der Waals surface area contributed by atoms with Crippen LogP contribution in [0.15, 0.2) is 65.2 Å². The number of nitrogens with zero attached hydrogens (tertiary/aromatic N) is 1. The Balaban J connectivity index is 1.54. The number of rotatable bonds is 6. The van der Waals surface area contributed by atoms with Gasteiger partial charge in [-0.1, -0.05) is 18.2 Å². The van der Waals surface area contributed by atoms with Crippen molar-refractivity contribution in [1.29, 1.82) is 0 Å². The molecule has 1 saturated heterocycles. The Morgan fingerprint density at radius 3 is 2.29 bits per heavy atom. The van der Waals surface area contributed by atoms with E-state index in [4.69, 9.17) is 16.2 Å². The maximum absolute atomic E-state index is 12.3. The van der Waals surface area contributed by atoms with Gasteiger partial charge in [0.25, 0.3) is 5.91 Å². The SMILES string of the molecule is NC(=O)C(C1=NCC[C@@H](C2CCNCC2)N1)=C(N)c1ccc(Oc2ccccc2)cc1. The van der Waals surface area contributed by atoms with Crippen molar-refractivity contribution in [1.82, 2.24) is 10.6 Å². The van der Waals surface area contributed by atoms with Gasteiger partial charge >= 0.3 is 0 Å². The minimum Gasteiger partial charge on any atom is -0.457 e. The van der Waals surface area contributed by atoms with E-state index in [2.05, 4.69) is 15.6 Å². The van der Waals surface area contributed by atoms with Crippen LogP contribution in [0.5, 0.6) is 11.5 Å². The number of carbonyl (C=O) groups excluding carboxylic acids is 1. The molecule has 2 aromatic rings. The largest absolute Gasteiger partial charge is 0.457 e. The topological polar surface area (TPSA) is 115 Å². The van der Waals surface area contributed by atoms with Gasteiger partial charge in [-0.3, -0.25) is 9.79 Å². The number of nitrogens with two attached hydrogens (primary N) is 2. The summed E-state index contributed by atoms with van der Waals surface area (Å²) < 4.78 is 5.83. The van der Waals surface area contributed by atoms with E-state index in [1.54, 1.807) is 0 Å². The molecule has 6 N–H and O–H groups in total. The number of amides is 1. The summed E-state index contributed by atoms with van der Waals surface area (Å²) in [6.45, 7) is 2.70.